The van der Waals surface area contributed by atoms with Crippen molar-refractivity contribution in [3.05, 3.63) is 30.1 Å². The Morgan fingerprint density at radius 1 is 1.31 bits per heavy atom. The molecule has 0 bridgehead atoms. The van der Waals surface area contributed by atoms with Gasteiger partial charge in [0.25, 0.3) is 0 Å². The lowest BCUT2D eigenvalue weighted by Gasteiger charge is -2.23. The minimum Gasteiger partial charge on any atom is -0.475 e. The van der Waals surface area contributed by atoms with Crippen molar-refractivity contribution in [1.82, 2.24) is 20.1 Å². The van der Waals surface area contributed by atoms with E-state index in [0.29, 0.717) is 19.6 Å². The Morgan fingerprint density at radius 2 is 1.97 bits per heavy atom. The fraction of sp³-hybridized carbons (Fsp3) is 0.556. The van der Waals surface area contributed by atoms with Crippen molar-refractivity contribution in [2.75, 3.05) is 19.6 Å². The third-order valence-electron chi connectivity index (χ3n) is 4.56. The van der Waals surface area contributed by atoms with E-state index in [-0.39, 0.29) is 29.8 Å². The molecule has 2 fully saturated rings. The fourth-order valence-corrected chi connectivity index (χ4v) is 3.30. The maximum absolute atomic E-state index is 12.5. The fourth-order valence-electron chi connectivity index (χ4n) is 3.30. The molecule has 3 heterocycles. The van der Waals surface area contributed by atoms with Gasteiger partial charge in [-0.05, 0) is 25.5 Å². The molecule has 3 amide bonds. The quantitative estimate of drug-likeness (QED) is 0.781. The maximum atomic E-state index is 12.5. The summed E-state index contributed by atoms with van der Waals surface area (Å²) in [6, 6.07) is 3.92. The van der Waals surface area contributed by atoms with Gasteiger partial charge >= 0.3 is 18.2 Å². The number of halogens is 3. The lowest BCUT2D eigenvalue weighted by molar-refractivity contribution is -0.192. The number of alkyl halides is 3. The Bertz CT molecular complexity index is 742. The Balaban J connectivity index is 0.000000370. The van der Waals surface area contributed by atoms with Gasteiger partial charge < -0.3 is 20.2 Å². The number of urea groups is 1. The topological polar surface area (TPSA) is 103 Å². The molecule has 11 heteroatoms. The molecule has 0 aromatic carbocycles. The number of likely N-dealkylation sites (tertiary alicyclic amines) is 2. The van der Waals surface area contributed by atoms with Gasteiger partial charge in [0.2, 0.25) is 5.91 Å². The highest BCUT2D eigenvalue weighted by atomic mass is 19.4. The van der Waals surface area contributed by atoms with Gasteiger partial charge in [-0.2, -0.15) is 13.2 Å². The van der Waals surface area contributed by atoms with Crippen LogP contribution in [0.5, 0.6) is 0 Å². The predicted molar refractivity (Wildman–Crippen MR) is 95.6 cm³/mol. The molecule has 0 radical (unpaired) electrons. The molecule has 2 saturated heterocycles. The number of amides is 3. The Kier molecular flexibility index (Phi) is 7.04. The number of hydrogen-bond acceptors (Lipinski definition) is 4. The molecule has 160 valence electrons. The van der Waals surface area contributed by atoms with Crippen LogP contribution in [0.4, 0.5) is 18.0 Å². The number of carboxylic acid groups (broad SMARTS) is 1. The van der Waals surface area contributed by atoms with E-state index in [1.165, 1.54) is 0 Å². The van der Waals surface area contributed by atoms with Gasteiger partial charge in [-0.3, -0.25) is 9.78 Å². The van der Waals surface area contributed by atoms with Crippen molar-refractivity contribution in [3.63, 3.8) is 0 Å². The van der Waals surface area contributed by atoms with Gasteiger partial charge in [-0.25, -0.2) is 9.59 Å². The van der Waals surface area contributed by atoms with Crippen LogP contribution in [0.2, 0.25) is 0 Å². The van der Waals surface area contributed by atoms with Crippen LogP contribution in [-0.4, -0.2) is 69.7 Å². The van der Waals surface area contributed by atoms with E-state index in [1.807, 2.05) is 30.9 Å². The summed E-state index contributed by atoms with van der Waals surface area (Å²) in [4.78, 5) is 41.2. The van der Waals surface area contributed by atoms with Crippen LogP contribution in [-0.2, 0) is 16.1 Å². The molecular weight excluding hydrogens is 393 g/mol. The highest BCUT2D eigenvalue weighted by molar-refractivity contribution is 5.84. The van der Waals surface area contributed by atoms with Crippen LogP contribution in [0.25, 0.3) is 0 Å². The largest absolute Gasteiger partial charge is 0.490 e. The smallest absolute Gasteiger partial charge is 0.475 e. The number of nitrogens with one attached hydrogen (secondary N) is 1. The summed E-state index contributed by atoms with van der Waals surface area (Å²) in [6.07, 6.45) is -1.56. The van der Waals surface area contributed by atoms with E-state index in [0.717, 1.165) is 12.1 Å². The van der Waals surface area contributed by atoms with Crippen molar-refractivity contribution in [2.24, 2.45) is 11.8 Å². The van der Waals surface area contributed by atoms with E-state index in [9.17, 15) is 22.8 Å². The summed E-state index contributed by atoms with van der Waals surface area (Å²) in [5.74, 6) is -2.39. The molecule has 8 nitrogen and oxygen atoms in total. The third kappa shape index (κ3) is 6.06. The third-order valence-corrected chi connectivity index (χ3v) is 4.56. The zero-order valence-electron chi connectivity index (χ0n) is 16.0. The standard InChI is InChI=1S/C16H22N4O2.C2HF3O2/c1-11(2)18-16(22)20-9-13-8-19(15(21)14(13)10-20)7-12-4-3-5-17-6-12;3-2(4,5)1(6)7/h3-6,11,13-14H,7-10H2,1-2H3,(H,18,22);(H,6,7)/t13-,14+;/m1./s1. The van der Waals surface area contributed by atoms with Gasteiger partial charge in [0.1, 0.15) is 0 Å². The number of carbonyl (C=O) groups is 3. The highest BCUT2D eigenvalue weighted by Crippen LogP contribution is 2.33. The van der Waals surface area contributed by atoms with Crippen molar-refractivity contribution in [3.8, 4) is 0 Å². The number of aromatic nitrogens is 1. The van der Waals surface area contributed by atoms with Crippen LogP contribution in [0.1, 0.15) is 19.4 Å². The molecule has 3 rings (SSSR count). The molecule has 0 spiro atoms. The molecule has 0 saturated carbocycles. The van der Waals surface area contributed by atoms with Crippen molar-refractivity contribution in [1.29, 1.82) is 0 Å². The predicted octanol–water partition coefficient (Wildman–Crippen LogP) is 1.72. The lowest BCUT2D eigenvalue weighted by atomic mass is 10.0. The second-order valence-electron chi connectivity index (χ2n) is 7.26. The first kappa shape index (κ1) is 22.4. The number of carbonyl (C=O) groups excluding carboxylic acids is 2. The molecular formula is C18H23F3N4O4. The van der Waals surface area contributed by atoms with E-state index in [4.69, 9.17) is 9.90 Å². The second-order valence-corrected chi connectivity index (χ2v) is 7.26. The van der Waals surface area contributed by atoms with Crippen LogP contribution >= 0.6 is 0 Å². The molecule has 2 aliphatic heterocycles. The van der Waals surface area contributed by atoms with Crippen molar-refractivity contribution in [2.45, 2.75) is 32.6 Å². The van der Waals surface area contributed by atoms with Gasteiger partial charge in [0.05, 0.1) is 5.92 Å². The SMILES string of the molecule is CC(C)NC(=O)N1C[C@H]2CN(Cc3cccnc3)C(=O)[C@H]2C1.O=C(O)C(F)(F)F. The molecule has 2 aliphatic rings. The first-order valence-corrected chi connectivity index (χ1v) is 9.02. The first-order valence-electron chi connectivity index (χ1n) is 9.02. The zero-order chi connectivity index (χ0) is 21.8. The summed E-state index contributed by atoms with van der Waals surface area (Å²) >= 11 is 0. The monoisotopic (exact) mass is 416 g/mol. The van der Waals surface area contributed by atoms with E-state index in [2.05, 4.69) is 10.3 Å². The average molecular weight is 416 g/mol. The molecule has 1 aromatic rings. The normalized spacial score (nSPS) is 21.0. The maximum Gasteiger partial charge on any atom is 0.490 e. The van der Waals surface area contributed by atoms with Gasteiger partial charge in [-0.15, -0.1) is 0 Å². The number of carboxylic acids is 1. The molecule has 2 N–H and O–H groups in total. The number of fused-ring (bicyclic) bond motifs is 1. The van der Waals surface area contributed by atoms with Crippen LogP contribution in [0.3, 0.4) is 0 Å². The molecule has 0 unspecified atom stereocenters. The zero-order valence-corrected chi connectivity index (χ0v) is 16.0. The highest BCUT2D eigenvalue weighted by Gasteiger charge is 2.47. The van der Waals surface area contributed by atoms with E-state index >= 15 is 0 Å². The van der Waals surface area contributed by atoms with E-state index in [1.54, 1.807) is 17.3 Å². The Hall–Kier alpha value is -2.85. The number of pyridine rings is 1. The minimum absolute atomic E-state index is 0.0467. The van der Waals surface area contributed by atoms with Crippen molar-refractivity contribution >= 4 is 17.9 Å². The van der Waals surface area contributed by atoms with Crippen LogP contribution < -0.4 is 5.32 Å². The number of aliphatic carboxylic acids is 1. The van der Waals surface area contributed by atoms with Crippen LogP contribution in [0, 0.1) is 11.8 Å². The Morgan fingerprint density at radius 3 is 2.45 bits per heavy atom. The molecule has 0 aliphatic carbocycles. The Labute approximate surface area is 165 Å². The minimum atomic E-state index is -5.08. The summed E-state index contributed by atoms with van der Waals surface area (Å²) in [5, 5.41) is 10.0. The van der Waals surface area contributed by atoms with Gasteiger partial charge in [-0.1, -0.05) is 6.07 Å². The summed E-state index contributed by atoms with van der Waals surface area (Å²) in [5.41, 5.74) is 1.05. The van der Waals surface area contributed by atoms with Crippen LogP contribution in [0.15, 0.2) is 24.5 Å². The van der Waals surface area contributed by atoms with E-state index < -0.39 is 12.1 Å². The second kappa shape index (κ2) is 9.10. The van der Waals surface area contributed by atoms with Crippen molar-refractivity contribution < 1.29 is 32.7 Å². The lowest BCUT2D eigenvalue weighted by Crippen LogP contribution is -2.43. The molecule has 29 heavy (non-hydrogen) atoms. The van der Waals surface area contributed by atoms with Gasteiger partial charge in [0.15, 0.2) is 0 Å². The number of nitrogens with zero attached hydrogens (tertiary/aromatic N) is 3. The summed E-state index contributed by atoms with van der Waals surface area (Å²) in [6.45, 7) is 6.41. The summed E-state index contributed by atoms with van der Waals surface area (Å²) in [7, 11) is 0. The molecule has 2 atom stereocenters. The van der Waals surface area contributed by atoms with Gasteiger partial charge in [0, 0.05) is 50.5 Å². The number of rotatable bonds is 3. The summed E-state index contributed by atoms with van der Waals surface area (Å²) < 4.78 is 31.7. The number of hydrogen-bond donors (Lipinski definition) is 2. The molecule has 1 aromatic heterocycles. The average Bonchev–Trinajstić information content (AvgIpc) is 3.15. The first-order chi connectivity index (χ1) is 13.5.